The highest BCUT2D eigenvalue weighted by atomic mass is 16.5. The summed E-state index contributed by atoms with van der Waals surface area (Å²) in [5.41, 5.74) is 3.94. The average Bonchev–Trinajstić information content (AvgIpc) is 2.55. The summed E-state index contributed by atoms with van der Waals surface area (Å²) in [6.45, 7) is 12.6. The minimum Gasteiger partial charge on any atom is -0.427 e. The van der Waals surface area contributed by atoms with Gasteiger partial charge in [-0.15, -0.1) is 0 Å². The van der Waals surface area contributed by atoms with Crippen molar-refractivity contribution >= 4 is 5.97 Å². The van der Waals surface area contributed by atoms with Crippen LogP contribution in [-0.4, -0.2) is 5.97 Å². The van der Waals surface area contributed by atoms with Crippen molar-refractivity contribution in [1.82, 2.24) is 0 Å². The third-order valence-electron chi connectivity index (χ3n) is 5.11. The van der Waals surface area contributed by atoms with Gasteiger partial charge in [-0.1, -0.05) is 71.0 Å². The number of esters is 1. The highest BCUT2D eigenvalue weighted by Crippen LogP contribution is 2.34. The van der Waals surface area contributed by atoms with E-state index in [2.05, 4.69) is 58.9 Å². The lowest BCUT2D eigenvalue weighted by atomic mass is 9.76. The SMILES string of the molecule is CCC(C)(C)c1ccc(C(C)(C)c2ccc(OC(C)=O)cc2)cc1. The first-order chi connectivity index (χ1) is 11.2. The van der Waals surface area contributed by atoms with Crippen LogP contribution in [0.3, 0.4) is 0 Å². The summed E-state index contributed by atoms with van der Waals surface area (Å²) in [6, 6.07) is 16.7. The summed E-state index contributed by atoms with van der Waals surface area (Å²) in [5, 5.41) is 0. The fourth-order valence-electron chi connectivity index (χ4n) is 2.81. The largest absolute Gasteiger partial charge is 0.427 e. The maximum absolute atomic E-state index is 11.0. The Morgan fingerprint density at radius 1 is 0.833 bits per heavy atom. The van der Waals surface area contributed by atoms with Gasteiger partial charge in [-0.3, -0.25) is 4.79 Å². The fourth-order valence-corrected chi connectivity index (χ4v) is 2.81. The highest BCUT2D eigenvalue weighted by Gasteiger charge is 2.24. The quantitative estimate of drug-likeness (QED) is 0.526. The van der Waals surface area contributed by atoms with Crippen molar-refractivity contribution in [2.24, 2.45) is 0 Å². The Morgan fingerprint density at radius 3 is 1.67 bits per heavy atom. The summed E-state index contributed by atoms with van der Waals surface area (Å²) >= 11 is 0. The van der Waals surface area contributed by atoms with Gasteiger partial charge in [-0.2, -0.15) is 0 Å². The van der Waals surface area contributed by atoms with Crippen molar-refractivity contribution < 1.29 is 9.53 Å². The lowest BCUT2D eigenvalue weighted by Crippen LogP contribution is -2.20. The molecule has 0 radical (unpaired) electrons. The highest BCUT2D eigenvalue weighted by molar-refractivity contribution is 5.69. The Morgan fingerprint density at radius 2 is 1.25 bits per heavy atom. The topological polar surface area (TPSA) is 26.3 Å². The van der Waals surface area contributed by atoms with E-state index in [9.17, 15) is 4.79 Å². The molecule has 0 saturated carbocycles. The molecule has 128 valence electrons. The van der Waals surface area contributed by atoms with Crippen LogP contribution in [0.4, 0.5) is 0 Å². The van der Waals surface area contributed by atoms with E-state index in [-0.39, 0.29) is 16.8 Å². The smallest absolute Gasteiger partial charge is 0.308 e. The van der Waals surface area contributed by atoms with E-state index >= 15 is 0 Å². The number of carbonyl (C=O) groups excluding carboxylic acids is 1. The maximum atomic E-state index is 11.0. The molecule has 0 aliphatic rings. The zero-order valence-corrected chi connectivity index (χ0v) is 15.6. The van der Waals surface area contributed by atoms with Gasteiger partial charge < -0.3 is 4.74 Å². The van der Waals surface area contributed by atoms with E-state index in [1.165, 1.54) is 23.6 Å². The Hall–Kier alpha value is -2.09. The number of rotatable bonds is 5. The van der Waals surface area contributed by atoms with Crippen molar-refractivity contribution in [3.8, 4) is 5.75 Å². The summed E-state index contributed by atoms with van der Waals surface area (Å²) in [6.07, 6.45) is 1.12. The zero-order valence-electron chi connectivity index (χ0n) is 15.6. The Labute approximate surface area is 145 Å². The first-order valence-corrected chi connectivity index (χ1v) is 8.57. The van der Waals surface area contributed by atoms with Crippen molar-refractivity contribution in [2.45, 2.75) is 58.8 Å². The molecule has 0 heterocycles. The van der Waals surface area contributed by atoms with Gasteiger partial charge in [0.1, 0.15) is 5.75 Å². The molecule has 2 rings (SSSR count). The van der Waals surface area contributed by atoms with Crippen LogP contribution in [0.25, 0.3) is 0 Å². The molecule has 0 aliphatic carbocycles. The van der Waals surface area contributed by atoms with Crippen LogP contribution in [0.1, 0.15) is 64.7 Å². The van der Waals surface area contributed by atoms with Crippen molar-refractivity contribution in [3.63, 3.8) is 0 Å². The number of carbonyl (C=O) groups is 1. The number of hydrogen-bond acceptors (Lipinski definition) is 2. The molecule has 0 atom stereocenters. The molecule has 0 amide bonds. The number of ether oxygens (including phenoxy) is 1. The molecule has 2 aromatic carbocycles. The summed E-state index contributed by atoms with van der Waals surface area (Å²) < 4.78 is 5.11. The predicted octanol–water partition coefficient (Wildman–Crippen LogP) is 5.63. The molecule has 2 aromatic rings. The third-order valence-corrected chi connectivity index (χ3v) is 5.11. The molecule has 24 heavy (non-hydrogen) atoms. The van der Waals surface area contributed by atoms with E-state index in [0.717, 1.165) is 6.42 Å². The molecule has 0 unspecified atom stereocenters. The molecule has 0 aliphatic heterocycles. The molecular formula is C22H28O2. The van der Waals surface area contributed by atoms with Crippen LogP contribution >= 0.6 is 0 Å². The molecule has 2 heteroatoms. The molecule has 0 aromatic heterocycles. The molecular weight excluding hydrogens is 296 g/mol. The summed E-state index contributed by atoms with van der Waals surface area (Å²) in [4.78, 5) is 11.0. The molecule has 0 N–H and O–H groups in total. The first-order valence-electron chi connectivity index (χ1n) is 8.57. The van der Waals surface area contributed by atoms with Crippen LogP contribution in [0.5, 0.6) is 5.75 Å². The first kappa shape index (κ1) is 18.3. The van der Waals surface area contributed by atoms with E-state index in [1.54, 1.807) is 0 Å². The van der Waals surface area contributed by atoms with Crippen LogP contribution < -0.4 is 4.74 Å². The Kier molecular flexibility index (Phi) is 5.17. The minimum absolute atomic E-state index is 0.107. The fraction of sp³-hybridized carbons (Fsp3) is 0.409. The molecule has 0 fully saturated rings. The lowest BCUT2D eigenvalue weighted by molar-refractivity contribution is -0.131. The second-order valence-corrected chi connectivity index (χ2v) is 7.56. The Bertz CT molecular complexity index is 692. The molecule has 2 nitrogen and oxygen atoms in total. The second kappa shape index (κ2) is 6.80. The van der Waals surface area contributed by atoms with Crippen LogP contribution in [-0.2, 0) is 15.6 Å². The van der Waals surface area contributed by atoms with Crippen molar-refractivity contribution in [2.75, 3.05) is 0 Å². The van der Waals surface area contributed by atoms with E-state index in [4.69, 9.17) is 4.74 Å². The van der Waals surface area contributed by atoms with E-state index < -0.39 is 0 Å². The normalized spacial score (nSPS) is 12.1. The van der Waals surface area contributed by atoms with Gasteiger partial charge in [-0.25, -0.2) is 0 Å². The van der Waals surface area contributed by atoms with E-state index in [0.29, 0.717) is 5.75 Å². The van der Waals surface area contributed by atoms with Crippen LogP contribution in [0.15, 0.2) is 48.5 Å². The average molecular weight is 324 g/mol. The number of benzene rings is 2. The van der Waals surface area contributed by atoms with Gasteiger partial charge in [0.25, 0.3) is 0 Å². The standard InChI is InChI=1S/C22H28O2/c1-7-21(3,4)17-8-10-18(11-9-17)22(5,6)19-12-14-20(15-13-19)24-16(2)23/h8-15H,7H2,1-6H3. The monoisotopic (exact) mass is 324 g/mol. The maximum Gasteiger partial charge on any atom is 0.308 e. The van der Waals surface area contributed by atoms with Crippen molar-refractivity contribution in [3.05, 3.63) is 65.2 Å². The van der Waals surface area contributed by atoms with Gasteiger partial charge >= 0.3 is 5.97 Å². The van der Waals surface area contributed by atoms with Gasteiger partial charge in [0.2, 0.25) is 0 Å². The summed E-state index contributed by atoms with van der Waals surface area (Å²) in [7, 11) is 0. The van der Waals surface area contributed by atoms with Crippen LogP contribution in [0, 0.1) is 0 Å². The summed E-state index contributed by atoms with van der Waals surface area (Å²) in [5.74, 6) is 0.290. The van der Waals surface area contributed by atoms with E-state index in [1.807, 2.05) is 24.3 Å². The zero-order chi connectivity index (χ0) is 18.0. The second-order valence-electron chi connectivity index (χ2n) is 7.56. The van der Waals surface area contributed by atoms with Crippen LogP contribution in [0.2, 0.25) is 0 Å². The van der Waals surface area contributed by atoms with Gasteiger partial charge in [0.15, 0.2) is 0 Å². The van der Waals surface area contributed by atoms with Gasteiger partial charge in [0.05, 0.1) is 0 Å². The van der Waals surface area contributed by atoms with Gasteiger partial charge in [-0.05, 0) is 40.7 Å². The molecule has 0 spiro atoms. The minimum atomic E-state index is -0.295. The van der Waals surface area contributed by atoms with Gasteiger partial charge in [0, 0.05) is 12.3 Å². The molecule has 0 saturated heterocycles. The Balaban J connectivity index is 2.28. The third kappa shape index (κ3) is 3.87. The van der Waals surface area contributed by atoms with Crippen molar-refractivity contribution in [1.29, 1.82) is 0 Å². The lowest BCUT2D eigenvalue weighted by Gasteiger charge is -2.28. The number of hydrogen-bond donors (Lipinski definition) is 0. The molecule has 0 bridgehead atoms. The predicted molar refractivity (Wildman–Crippen MR) is 99.6 cm³/mol.